The number of aromatic nitrogens is 3. The standard InChI is InChI=1S/C32H33F3N6O2S/c1-3-24-11-6-8-22(2)28(24)40-18-19-44-31(40)38-30(42)36-17-5-4-9-23-10-7-12-25(20-23)29-37-21-41(39-29)26-13-15-27(16-14-26)43-32(33,34)35/h6-8,10-16,20-21H,3-5,9,17-19H2,1-2H3,(H,36,42). The molecule has 2 amide bonds. The van der Waals surface area contributed by atoms with Crippen molar-refractivity contribution in [1.29, 1.82) is 0 Å². The number of thioether (sulfide) groups is 1. The maximum Gasteiger partial charge on any atom is 0.573 e. The highest BCUT2D eigenvalue weighted by Crippen LogP contribution is 2.32. The van der Waals surface area contributed by atoms with E-state index in [0.717, 1.165) is 60.0 Å². The van der Waals surface area contributed by atoms with E-state index in [9.17, 15) is 18.0 Å². The fourth-order valence-electron chi connectivity index (χ4n) is 5.06. The van der Waals surface area contributed by atoms with Crippen molar-refractivity contribution >= 4 is 28.6 Å². The summed E-state index contributed by atoms with van der Waals surface area (Å²) in [4.78, 5) is 23.5. The van der Waals surface area contributed by atoms with Gasteiger partial charge < -0.3 is 15.0 Å². The highest BCUT2D eigenvalue weighted by atomic mass is 32.2. The average molecular weight is 623 g/mol. The molecule has 4 aromatic rings. The Hall–Kier alpha value is -4.32. The summed E-state index contributed by atoms with van der Waals surface area (Å²) in [6, 6.07) is 19.3. The van der Waals surface area contributed by atoms with Gasteiger partial charge >= 0.3 is 12.4 Å². The SMILES string of the molecule is CCc1cccc(C)c1N1CCSC1=NC(=O)NCCCCc1cccc(-c2ncn(-c3ccc(OC(F)(F)F)cc3)n2)c1. The van der Waals surface area contributed by atoms with Crippen LogP contribution >= 0.6 is 11.8 Å². The summed E-state index contributed by atoms with van der Waals surface area (Å²) in [6.45, 7) is 5.59. The Bertz CT molecular complexity index is 1620. The van der Waals surface area contributed by atoms with E-state index >= 15 is 0 Å². The number of nitrogens with zero attached hydrogens (tertiary/aromatic N) is 5. The number of hydrogen-bond acceptors (Lipinski definition) is 5. The van der Waals surface area contributed by atoms with E-state index in [4.69, 9.17) is 0 Å². The van der Waals surface area contributed by atoms with Crippen LogP contribution in [0.15, 0.2) is 78.0 Å². The number of aryl methyl sites for hydroxylation is 3. The van der Waals surface area contributed by atoms with Crippen LogP contribution in [0.25, 0.3) is 17.1 Å². The number of hydrogen-bond donors (Lipinski definition) is 1. The van der Waals surface area contributed by atoms with Gasteiger partial charge in [-0.3, -0.25) is 0 Å². The molecule has 0 spiro atoms. The average Bonchev–Trinajstić information content (AvgIpc) is 3.67. The van der Waals surface area contributed by atoms with Gasteiger partial charge in [-0.05, 0) is 79.6 Å². The monoisotopic (exact) mass is 622 g/mol. The molecular formula is C32H33F3N6O2S. The number of aliphatic imine (C=N–C) groups is 1. The Morgan fingerprint density at radius 1 is 1.09 bits per heavy atom. The number of benzene rings is 3. The number of unbranched alkanes of at least 4 members (excludes halogenated alkanes) is 1. The molecule has 0 radical (unpaired) electrons. The van der Waals surface area contributed by atoms with Crippen molar-refractivity contribution in [3.8, 4) is 22.8 Å². The summed E-state index contributed by atoms with van der Waals surface area (Å²) in [5, 5.41) is 8.15. The second-order valence-corrected chi connectivity index (χ2v) is 11.3. The third-order valence-corrected chi connectivity index (χ3v) is 8.08. The van der Waals surface area contributed by atoms with Crippen molar-refractivity contribution in [3.63, 3.8) is 0 Å². The Morgan fingerprint density at radius 3 is 2.66 bits per heavy atom. The number of para-hydroxylation sites is 1. The first kappa shape index (κ1) is 31.1. The highest BCUT2D eigenvalue weighted by molar-refractivity contribution is 8.14. The Kier molecular flexibility index (Phi) is 9.89. The van der Waals surface area contributed by atoms with Crippen LogP contribution in [0.2, 0.25) is 0 Å². The van der Waals surface area contributed by atoms with Gasteiger partial charge in [0.1, 0.15) is 12.1 Å². The molecule has 1 aliphatic rings. The summed E-state index contributed by atoms with van der Waals surface area (Å²) in [7, 11) is 0. The Labute approximate surface area is 258 Å². The zero-order valence-electron chi connectivity index (χ0n) is 24.5. The van der Waals surface area contributed by atoms with E-state index in [-0.39, 0.29) is 11.8 Å². The van der Waals surface area contributed by atoms with E-state index in [1.54, 1.807) is 11.8 Å². The number of ether oxygens (including phenoxy) is 1. The van der Waals surface area contributed by atoms with Crippen LogP contribution in [-0.2, 0) is 12.8 Å². The van der Waals surface area contributed by atoms with Crippen LogP contribution in [0, 0.1) is 6.92 Å². The summed E-state index contributed by atoms with van der Waals surface area (Å²) < 4.78 is 42.7. The maximum atomic E-state index is 12.6. The number of amides is 2. The molecule has 0 unspecified atom stereocenters. The van der Waals surface area contributed by atoms with Crippen molar-refractivity contribution < 1.29 is 22.7 Å². The molecule has 1 aromatic heterocycles. The molecule has 1 fully saturated rings. The first-order chi connectivity index (χ1) is 21.2. The minimum Gasteiger partial charge on any atom is -0.406 e. The summed E-state index contributed by atoms with van der Waals surface area (Å²) in [5.41, 5.74) is 6.09. The molecule has 0 aliphatic carbocycles. The summed E-state index contributed by atoms with van der Waals surface area (Å²) in [5.74, 6) is 1.10. The van der Waals surface area contributed by atoms with E-state index in [1.165, 1.54) is 46.4 Å². The van der Waals surface area contributed by atoms with E-state index in [2.05, 4.69) is 62.1 Å². The fourth-order valence-corrected chi connectivity index (χ4v) is 6.00. The Morgan fingerprint density at radius 2 is 1.89 bits per heavy atom. The molecule has 44 heavy (non-hydrogen) atoms. The van der Waals surface area contributed by atoms with Crippen molar-refractivity contribution in [1.82, 2.24) is 20.1 Å². The number of anilines is 1. The number of carbonyl (C=O) groups excluding carboxylic acids is 1. The maximum absolute atomic E-state index is 12.6. The predicted octanol–water partition coefficient (Wildman–Crippen LogP) is 7.35. The zero-order chi connectivity index (χ0) is 31.1. The van der Waals surface area contributed by atoms with Crippen molar-refractivity contribution in [2.24, 2.45) is 4.99 Å². The van der Waals surface area contributed by atoms with Gasteiger partial charge in [-0.25, -0.2) is 14.5 Å². The van der Waals surface area contributed by atoms with Gasteiger partial charge in [0.25, 0.3) is 0 Å². The molecule has 2 heterocycles. The lowest BCUT2D eigenvalue weighted by molar-refractivity contribution is -0.274. The van der Waals surface area contributed by atoms with Gasteiger partial charge in [-0.15, -0.1) is 18.3 Å². The number of nitrogens with one attached hydrogen (secondary N) is 1. The molecule has 3 aromatic carbocycles. The predicted molar refractivity (Wildman–Crippen MR) is 168 cm³/mol. The van der Waals surface area contributed by atoms with E-state index in [0.29, 0.717) is 18.1 Å². The van der Waals surface area contributed by atoms with Gasteiger partial charge in [-0.1, -0.05) is 55.1 Å². The van der Waals surface area contributed by atoms with Crippen LogP contribution in [-0.4, -0.2) is 51.2 Å². The minimum atomic E-state index is -4.74. The largest absolute Gasteiger partial charge is 0.573 e. The number of halogens is 3. The van der Waals surface area contributed by atoms with Crippen LogP contribution in [0.3, 0.4) is 0 Å². The molecule has 230 valence electrons. The van der Waals surface area contributed by atoms with Crippen molar-refractivity contribution in [2.75, 3.05) is 23.7 Å². The number of urea groups is 1. The van der Waals surface area contributed by atoms with Gasteiger partial charge in [0.05, 0.1) is 5.69 Å². The molecule has 1 N–H and O–H groups in total. The Balaban J connectivity index is 1.11. The van der Waals surface area contributed by atoms with Crippen LogP contribution in [0.5, 0.6) is 5.75 Å². The molecule has 8 nitrogen and oxygen atoms in total. The smallest absolute Gasteiger partial charge is 0.406 e. The lowest BCUT2D eigenvalue weighted by Crippen LogP contribution is -2.29. The van der Waals surface area contributed by atoms with Crippen LogP contribution in [0.4, 0.5) is 23.7 Å². The van der Waals surface area contributed by atoms with Crippen molar-refractivity contribution in [3.05, 3.63) is 89.7 Å². The topological polar surface area (TPSA) is 84.6 Å². The molecule has 1 saturated heterocycles. The third-order valence-electron chi connectivity index (χ3n) is 7.13. The van der Waals surface area contributed by atoms with Gasteiger partial charge in [0.2, 0.25) is 0 Å². The van der Waals surface area contributed by atoms with Crippen LogP contribution < -0.4 is 15.0 Å². The number of carbonyl (C=O) groups is 1. The lowest BCUT2D eigenvalue weighted by atomic mass is 10.0. The molecule has 12 heteroatoms. The molecular weight excluding hydrogens is 589 g/mol. The number of amidine groups is 1. The van der Waals surface area contributed by atoms with Crippen LogP contribution in [0.1, 0.15) is 36.5 Å². The quantitative estimate of drug-likeness (QED) is 0.186. The van der Waals surface area contributed by atoms with E-state index < -0.39 is 6.36 Å². The first-order valence-corrected chi connectivity index (χ1v) is 15.4. The third kappa shape index (κ3) is 7.98. The van der Waals surface area contributed by atoms with Gasteiger partial charge in [-0.2, -0.15) is 4.99 Å². The van der Waals surface area contributed by atoms with Crippen molar-refractivity contribution in [2.45, 2.75) is 45.9 Å². The normalized spacial score (nSPS) is 14.3. The summed E-state index contributed by atoms with van der Waals surface area (Å²) in [6.07, 6.45) is 0.182. The van der Waals surface area contributed by atoms with Gasteiger partial charge in [0.15, 0.2) is 11.0 Å². The molecule has 5 rings (SSSR count). The molecule has 0 atom stereocenters. The zero-order valence-corrected chi connectivity index (χ0v) is 25.3. The second kappa shape index (κ2) is 14.0. The molecule has 0 bridgehead atoms. The highest BCUT2D eigenvalue weighted by Gasteiger charge is 2.31. The molecule has 0 saturated carbocycles. The molecule has 1 aliphatic heterocycles. The number of alkyl halides is 3. The second-order valence-electron chi connectivity index (χ2n) is 10.3. The van der Waals surface area contributed by atoms with Gasteiger partial charge in [0, 0.05) is 30.1 Å². The summed E-state index contributed by atoms with van der Waals surface area (Å²) >= 11 is 1.61. The fraction of sp³-hybridized carbons (Fsp3) is 0.312. The minimum absolute atomic E-state index is 0.301. The van der Waals surface area contributed by atoms with E-state index in [1.807, 2.05) is 24.3 Å². The lowest BCUT2D eigenvalue weighted by Gasteiger charge is -2.23. The first-order valence-electron chi connectivity index (χ1n) is 14.4. The number of rotatable bonds is 10.